The summed E-state index contributed by atoms with van der Waals surface area (Å²) in [6.07, 6.45) is 2.92. The number of hydrogen-bond donors (Lipinski definition) is 0. The molecule has 1 aromatic heterocycles. The van der Waals surface area contributed by atoms with Crippen molar-refractivity contribution in [3.63, 3.8) is 0 Å². The quantitative estimate of drug-likeness (QED) is 0.479. The third-order valence-electron chi connectivity index (χ3n) is 2.96. The van der Waals surface area contributed by atoms with E-state index in [1.54, 1.807) is 37.3 Å². The first-order valence-corrected chi connectivity index (χ1v) is 6.46. The van der Waals surface area contributed by atoms with Gasteiger partial charge >= 0.3 is 0 Å². The average Bonchev–Trinajstić information content (AvgIpc) is 2.97. The monoisotopic (exact) mass is 292 g/mol. The second-order valence-corrected chi connectivity index (χ2v) is 4.41. The van der Waals surface area contributed by atoms with Crippen LogP contribution in [0.3, 0.4) is 0 Å². The van der Waals surface area contributed by atoms with Gasteiger partial charge in [0.25, 0.3) is 0 Å². The largest absolute Gasteiger partial charge is 0.479 e. The highest BCUT2D eigenvalue weighted by molar-refractivity contribution is 6.14. The molecule has 0 aliphatic rings. The minimum Gasteiger partial charge on any atom is -0.479 e. The first-order chi connectivity index (χ1) is 10.7. The zero-order valence-electron chi connectivity index (χ0n) is 11.9. The Balaban J connectivity index is 2.23. The van der Waals surface area contributed by atoms with Crippen LogP contribution >= 0.6 is 0 Å². The first kappa shape index (κ1) is 15.1. The van der Waals surface area contributed by atoms with Crippen LogP contribution in [0.15, 0.2) is 46.6 Å². The molecule has 0 saturated heterocycles. The Morgan fingerprint density at radius 3 is 2.55 bits per heavy atom. The van der Waals surface area contributed by atoms with Crippen molar-refractivity contribution >= 4 is 11.9 Å². The minimum absolute atomic E-state index is 0.0233. The van der Waals surface area contributed by atoms with Crippen LogP contribution in [0.25, 0.3) is 6.08 Å². The van der Waals surface area contributed by atoms with E-state index in [1.165, 1.54) is 12.3 Å². The normalized spacial score (nSPS) is 10.6. The average molecular weight is 292 g/mol. The molecule has 5 heteroatoms. The van der Waals surface area contributed by atoms with Crippen molar-refractivity contribution in [3.05, 3.63) is 59.1 Å². The fourth-order valence-electron chi connectivity index (χ4n) is 1.86. The van der Waals surface area contributed by atoms with Gasteiger partial charge in [-0.2, -0.15) is 10.5 Å². The van der Waals surface area contributed by atoms with Crippen molar-refractivity contribution in [3.8, 4) is 17.9 Å². The van der Waals surface area contributed by atoms with Gasteiger partial charge in [0.15, 0.2) is 6.61 Å². The van der Waals surface area contributed by atoms with E-state index in [2.05, 4.69) is 0 Å². The lowest BCUT2D eigenvalue weighted by molar-refractivity contribution is 0.103. The predicted molar refractivity (Wildman–Crippen MR) is 78.9 cm³/mol. The number of ketones is 1. The van der Waals surface area contributed by atoms with E-state index in [4.69, 9.17) is 14.4 Å². The molecule has 0 fully saturated rings. The van der Waals surface area contributed by atoms with Crippen LogP contribution in [0.4, 0.5) is 0 Å². The number of nitriles is 2. The molecule has 0 spiro atoms. The molecule has 2 rings (SSSR count). The molecule has 1 aromatic carbocycles. The summed E-state index contributed by atoms with van der Waals surface area (Å²) < 4.78 is 10.2. The van der Waals surface area contributed by atoms with Crippen LogP contribution < -0.4 is 4.74 Å². The Morgan fingerprint density at radius 2 is 2.00 bits per heavy atom. The molecule has 0 N–H and O–H groups in total. The van der Waals surface area contributed by atoms with Crippen LogP contribution in [0, 0.1) is 29.6 Å². The van der Waals surface area contributed by atoms with E-state index in [9.17, 15) is 10.1 Å². The van der Waals surface area contributed by atoms with E-state index in [-0.39, 0.29) is 18.0 Å². The smallest absolute Gasteiger partial charge is 0.207 e. The van der Waals surface area contributed by atoms with E-state index >= 15 is 0 Å². The number of rotatable bonds is 5. The molecular formula is C17H12N2O3. The molecule has 0 unspecified atom stereocenters. The van der Waals surface area contributed by atoms with Crippen LogP contribution in [-0.4, -0.2) is 12.4 Å². The Hall–Kier alpha value is -3.31. The number of Topliss-reactive ketones (excluding diaryl/α,β-unsaturated/α-hetero) is 1. The number of carbonyl (C=O) groups excluding carboxylic acids is 1. The van der Waals surface area contributed by atoms with Gasteiger partial charge in [-0.15, -0.1) is 0 Å². The molecular weight excluding hydrogens is 280 g/mol. The van der Waals surface area contributed by atoms with Gasteiger partial charge in [0, 0.05) is 0 Å². The predicted octanol–water partition coefficient (Wildman–Crippen LogP) is 3.28. The van der Waals surface area contributed by atoms with Crippen molar-refractivity contribution in [2.75, 3.05) is 6.61 Å². The number of furan rings is 1. The van der Waals surface area contributed by atoms with Crippen molar-refractivity contribution in [2.24, 2.45) is 0 Å². The zero-order chi connectivity index (χ0) is 15.9. The van der Waals surface area contributed by atoms with E-state index in [0.717, 1.165) is 0 Å². The highest BCUT2D eigenvalue weighted by atomic mass is 16.5. The standard InChI is InChI=1S/C17H12N2O3/c1-12-16(6-8-21-12)17(20)14(11-19)10-13-2-4-15(5-3-13)22-9-7-18/h2-6,8,10H,9H2,1H3/b14-10+. The number of hydrogen-bond acceptors (Lipinski definition) is 5. The lowest BCUT2D eigenvalue weighted by Gasteiger charge is -2.02. The molecule has 0 aliphatic heterocycles. The van der Waals surface area contributed by atoms with Crippen LogP contribution in [0.2, 0.25) is 0 Å². The SMILES string of the molecule is Cc1occc1C(=O)/C(C#N)=C/c1ccc(OCC#N)cc1. The Bertz CT molecular complexity index is 787. The molecule has 2 aromatic rings. The maximum atomic E-state index is 12.3. The van der Waals surface area contributed by atoms with Crippen LogP contribution in [0.5, 0.6) is 5.75 Å². The third kappa shape index (κ3) is 3.41. The topological polar surface area (TPSA) is 87.0 Å². The molecule has 0 radical (unpaired) electrons. The summed E-state index contributed by atoms with van der Waals surface area (Å²) in [5.41, 5.74) is 1.09. The minimum atomic E-state index is -0.376. The van der Waals surface area contributed by atoms with E-state index < -0.39 is 0 Å². The molecule has 5 nitrogen and oxygen atoms in total. The number of aryl methyl sites for hydroxylation is 1. The number of nitrogens with zero attached hydrogens (tertiary/aromatic N) is 2. The molecule has 0 saturated carbocycles. The Morgan fingerprint density at radius 1 is 1.27 bits per heavy atom. The van der Waals surface area contributed by atoms with Gasteiger partial charge < -0.3 is 9.15 Å². The second-order valence-electron chi connectivity index (χ2n) is 4.41. The number of ether oxygens (including phenoxy) is 1. The summed E-state index contributed by atoms with van der Waals surface area (Å²) in [6.45, 7) is 1.64. The van der Waals surface area contributed by atoms with Gasteiger partial charge in [-0.05, 0) is 36.8 Å². The third-order valence-corrected chi connectivity index (χ3v) is 2.96. The zero-order valence-corrected chi connectivity index (χ0v) is 11.9. The van der Waals surface area contributed by atoms with Crippen LogP contribution in [-0.2, 0) is 0 Å². The fourth-order valence-corrected chi connectivity index (χ4v) is 1.86. The second kappa shape index (κ2) is 6.92. The summed E-state index contributed by atoms with van der Waals surface area (Å²) in [6, 6.07) is 12.1. The van der Waals surface area contributed by atoms with E-state index in [1.807, 2.05) is 12.1 Å². The maximum absolute atomic E-state index is 12.3. The number of allylic oxidation sites excluding steroid dienone is 1. The van der Waals surface area contributed by atoms with Gasteiger partial charge in [0.05, 0.1) is 11.8 Å². The lowest BCUT2D eigenvalue weighted by Crippen LogP contribution is -2.02. The van der Waals surface area contributed by atoms with Gasteiger partial charge in [0.1, 0.15) is 29.2 Å². The molecule has 22 heavy (non-hydrogen) atoms. The molecule has 0 aliphatic carbocycles. The first-order valence-electron chi connectivity index (χ1n) is 6.46. The fraction of sp³-hybridized carbons (Fsp3) is 0.118. The summed E-state index contributed by atoms with van der Waals surface area (Å²) in [5, 5.41) is 17.6. The molecule has 0 atom stereocenters. The van der Waals surface area contributed by atoms with E-state index in [0.29, 0.717) is 22.6 Å². The summed E-state index contributed by atoms with van der Waals surface area (Å²) in [5.74, 6) is 0.652. The Labute approximate surface area is 127 Å². The molecule has 0 amide bonds. The van der Waals surface area contributed by atoms with Crippen molar-refractivity contribution < 1.29 is 13.9 Å². The number of carbonyl (C=O) groups is 1. The highest BCUT2D eigenvalue weighted by Gasteiger charge is 2.16. The van der Waals surface area contributed by atoms with Gasteiger partial charge in [-0.25, -0.2) is 0 Å². The van der Waals surface area contributed by atoms with Gasteiger partial charge in [-0.1, -0.05) is 12.1 Å². The van der Waals surface area contributed by atoms with Crippen LogP contribution in [0.1, 0.15) is 21.7 Å². The van der Waals surface area contributed by atoms with Gasteiger partial charge in [-0.3, -0.25) is 4.79 Å². The molecule has 108 valence electrons. The van der Waals surface area contributed by atoms with Crippen molar-refractivity contribution in [1.82, 2.24) is 0 Å². The summed E-state index contributed by atoms with van der Waals surface area (Å²) >= 11 is 0. The van der Waals surface area contributed by atoms with Crippen molar-refractivity contribution in [2.45, 2.75) is 6.92 Å². The summed E-state index contributed by atoms with van der Waals surface area (Å²) in [7, 11) is 0. The Kier molecular flexibility index (Phi) is 4.74. The molecule has 1 heterocycles. The number of benzene rings is 1. The maximum Gasteiger partial charge on any atom is 0.207 e. The lowest BCUT2D eigenvalue weighted by atomic mass is 10.0. The molecule has 0 bridgehead atoms. The summed E-state index contributed by atoms with van der Waals surface area (Å²) in [4.78, 5) is 12.3. The van der Waals surface area contributed by atoms with Crippen molar-refractivity contribution in [1.29, 1.82) is 10.5 Å². The van der Waals surface area contributed by atoms with Gasteiger partial charge in [0.2, 0.25) is 5.78 Å². The highest BCUT2D eigenvalue weighted by Crippen LogP contribution is 2.18.